The fraction of sp³-hybridized carbons (Fsp3) is 0.900. The van der Waals surface area contributed by atoms with Crippen molar-refractivity contribution < 1.29 is 9.90 Å². The van der Waals surface area contributed by atoms with Crippen LogP contribution in [0.2, 0.25) is 0 Å². The Morgan fingerprint density at radius 3 is 2.57 bits per heavy atom. The molecule has 0 aromatic carbocycles. The molecule has 0 aliphatic rings. The third kappa shape index (κ3) is 9.86. The monoisotopic (exact) mass is 219 g/mol. The highest BCUT2D eigenvalue weighted by Gasteiger charge is 1.99. The van der Waals surface area contributed by atoms with Gasteiger partial charge in [0.25, 0.3) is 0 Å². The molecule has 0 rings (SSSR count). The molecule has 0 atom stereocenters. The van der Waals surface area contributed by atoms with E-state index in [1.54, 1.807) is 0 Å². The number of unbranched alkanes of at least 4 members (excludes halogenated alkanes) is 2. The van der Waals surface area contributed by atoms with Crippen LogP contribution in [0.5, 0.6) is 0 Å². The maximum Gasteiger partial charge on any atom is 0.303 e. The molecule has 1 N–H and O–H groups in total. The van der Waals surface area contributed by atoms with E-state index in [9.17, 15) is 4.79 Å². The molecule has 14 heavy (non-hydrogen) atoms. The number of rotatable bonds is 9. The summed E-state index contributed by atoms with van der Waals surface area (Å²) in [6, 6.07) is 0. The number of thioether (sulfide) groups is 1. The molecule has 4 heteroatoms. The Labute approximate surface area is 90.9 Å². The average molecular weight is 219 g/mol. The Bertz CT molecular complexity index is 153. The lowest BCUT2D eigenvalue weighted by molar-refractivity contribution is -0.137. The molecule has 84 valence electrons. The summed E-state index contributed by atoms with van der Waals surface area (Å²) in [6.45, 7) is 2.21. The maximum absolute atomic E-state index is 10.2. The summed E-state index contributed by atoms with van der Waals surface area (Å²) in [6.07, 6.45) is 5.37. The highest BCUT2D eigenvalue weighted by molar-refractivity contribution is 7.98. The van der Waals surface area contributed by atoms with Crippen LogP contribution in [0.1, 0.15) is 25.7 Å². The number of hydrogen-bond donors (Lipinski definition) is 1. The molecule has 3 nitrogen and oxygen atoms in total. The first-order valence-electron chi connectivity index (χ1n) is 5.06. The quantitative estimate of drug-likeness (QED) is 0.602. The molecule has 0 unspecified atom stereocenters. The van der Waals surface area contributed by atoms with Crippen molar-refractivity contribution in [3.05, 3.63) is 0 Å². The zero-order valence-corrected chi connectivity index (χ0v) is 9.98. The number of hydrogen-bond acceptors (Lipinski definition) is 3. The van der Waals surface area contributed by atoms with Gasteiger partial charge in [-0.3, -0.25) is 4.79 Å². The van der Waals surface area contributed by atoms with Crippen molar-refractivity contribution in [3.63, 3.8) is 0 Å². The summed E-state index contributed by atoms with van der Waals surface area (Å²) in [4.78, 5) is 12.5. The fourth-order valence-corrected chi connectivity index (χ4v) is 1.69. The van der Waals surface area contributed by atoms with E-state index in [0.717, 1.165) is 32.4 Å². The number of nitrogens with zero attached hydrogens (tertiary/aromatic N) is 1. The molecule has 0 aliphatic carbocycles. The first-order valence-corrected chi connectivity index (χ1v) is 6.45. The van der Waals surface area contributed by atoms with E-state index in [1.165, 1.54) is 5.75 Å². The van der Waals surface area contributed by atoms with Gasteiger partial charge in [0.05, 0.1) is 0 Å². The number of carbonyl (C=O) groups is 1. The molecule has 0 fully saturated rings. The van der Waals surface area contributed by atoms with Gasteiger partial charge in [-0.05, 0) is 32.7 Å². The van der Waals surface area contributed by atoms with Crippen molar-refractivity contribution in [1.29, 1.82) is 0 Å². The first-order chi connectivity index (χ1) is 6.66. The maximum atomic E-state index is 10.2. The topological polar surface area (TPSA) is 40.5 Å². The van der Waals surface area contributed by atoms with Gasteiger partial charge in [0, 0.05) is 18.7 Å². The third-order valence-corrected chi connectivity index (χ3v) is 2.70. The molecule has 0 spiro atoms. The number of aliphatic carboxylic acids is 1. The van der Waals surface area contributed by atoms with Gasteiger partial charge in [0.2, 0.25) is 0 Å². The van der Waals surface area contributed by atoms with Crippen LogP contribution in [0.25, 0.3) is 0 Å². The second-order valence-electron chi connectivity index (χ2n) is 3.50. The van der Waals surface area contributed by atoms with Crippen molar-refractivity contribution >= 4 is 17.7 Å². The normalized spacial score (nSPS) is 10.8. The van der Waals surface area contributed by atoms with Gasteiger partial charge in [-0.15, -0.1) is 0 Å². The predicted molar refractivity (Wildman–Crippen MR) is 62.0 cm³/mol. The zero-order chi connectivity index (χ0) is 10.8. The van der Waals surface area contributed by atoms with Gasteiger partial charge >= 0.3 is 5.97 Å². The highest BCUT2D eigenvalue weighted by Crippen LogP contribution is 2.01. The Morgan fingerprint density at radius 1 is 1.29 bits per heavy atom. The molecule has 0 heterocycles. The van der Waals surface area contributed by atoms with E-state index in [1.807, 2.05) is 11.8 Å². The summed E-state index contributed by atoms with van der Waals surface area (Å²) in [5.74, 6) is 0.492. The van der Waals surface area contributed by atoms with E-state index in [-0.39, 0.29) is 0 Å². The minimum Gasteiger partial charge on any atom is -0.481 e. The molecule has 0 bridgehead atoms. The fourth-order valence-electron chi connectivity index (χ4n) is 1.19. The van der Waals surface area contributed by atoms with E-state index < -0.39 is 5.97 Å². The highest BCUT2D eigenvalue weighted by atomic mass is 32.2. The van der Waals surface area contributed by atoms with Crippen LogP contribution < -0.4 is 0 Å². The van der Waals surface area contributed by atoms with E-state index >= 15 is 0 Å². The zero-order valence-electron chi connectivity index (χ0n) is 9.16. The molecular weight excluding hydrogens is 198 g/mol. The molecule has 0 aliphatic heterocycles. The molecular formula is C10H21NO2S. The molecule has 0 saturated carbocycles. The largest absolute Gasteiger partial charge is 0.481 e. The molecule has 0 amide bonds. The minimum absolute atomic E-state index is 0.314. The Hall–Kier alpha value is -0.220. The van der Waals surface area contributed by atoms with Crippen molar-refractivity contribution in [1.82, 2.24) is 4.90 Å². The third-order valence-electron chi connectivity index (χ3n) is 2.11. The summed E-state index contributed by atoms with van der Waals surface area (Å²) in [5.41, 5.74) is 0. The van der Waals surface area contributed by atoms with Crippen LogP contribution in [-0.4, -0.2) is 48.1 Å². The first kappa shape index (κ1) is 13.8. The molecule has 0 aromatic rings. The van der Waals surface area contributed by atoms with Gasteiger partial charge in [-0.2, -0.15) is 11.8 Å². The Balaban J connectivity index is 3.14. The number of carboxylic acid groups (broad SMARTS) is 1. The van der Waals surface area contributed by atoms with Gasteiger partial charge in [0.15, 0.2) is 0 Å². The Morgan fingerprint density at radius 2 is 2.00 bits per heavy atom. The average Bonchev–Trinajstić information content (AvgIpc) is 2.13. The molecule has 0 radical (unpaired) electrons. The van der Waals surface area contributed by atoms with E-state index in [2.05, 4.69) is 18.2 Å². The summed E-state index contributed by atoms with van der Waals surface area (Å²) in [5, 5.41) is 8.42. The summed E-state index contributed by atoms with van der Waals surface area (Å²) in [7, 11) is 2.12. The van der Waals surface area contributed by atoms with Crippen LogP contribution in [0, 0.1) is 0 Å². The predicted octanol–water partition coefficient (Wildman–Crippen LogP) is 1.93. The second kappa shape index (κ2) is 9.34. The van der Waals surface area contributed by atoms with Gasteiger partial charge in [-0.1, -0.05) is 6.42 Å². The summed E-state index contributed by atoms with van der Waals surface area (Å²) < 4.78 is 0. The SMILES string of the molecule is CSCCN(C)CCCCCC(=O)O. The van der Waals surface area contributed by atoms with E-state index in [0.29, 0.717) is 6.42 Å². The number of carboxylic acids is 1. The lowest BCUT2D eigenvalue weighted by Gasteiger charge is -2.15. The van der Waals surface area contributed by atoms with Crippen LogP contribution in [0.3, 0.4) is 0 Å². The van der Waals surface area contributed by atoms with Crippen LogP contribution in [0.4, 0.5) is 0 Å². The lowest BCUT2D eigenvalue weighted by Crippen LogP contribution is -2.22. The summed E-state index contributed by atoms with van der Waals surface area (Å²) >= 11 is 1.86. The second-order valence-corrected chi connectivity index (χ2v) is 4.49. The smallest absolute Gasteiger partial charge is 0.303 e. The Kier molecular flexibility index (Phi) is 9.19. The van der Waals surface area contributed by atoms with Crippen LogP contribution >= 0.6 is 11.8 Å². The van der Waals surface area contributed by atoms with E-state index in [4.69, 9.17) is 5.11 Å². The standard InChI is InChI=1S/C10H21NO2S/c1-11(8-9-14-2)7-5-3-4-6-10(12)13/h3-9H2,1-2H3,(H,12,13). The van der Waals surface area contributed by atoms with Crippen LogP contribution in [-0.2, 0) is 4.79 Å². The molecule has 0 saturated heterocycles. The van der Waals surface area contributed by atoms with Crippen molar-refractivity contribution in [2.75, 3.05) is 32.1 Å². The molecule has 0 aromatic heterocycles. The van der Waals surface area contributed by atoms with Crippen molar-refractivity contribution in [3.8, 4) is 0 Å². The van der Waals surface area contributed by atoms with Gasteiger partial charge in [0.1, 0.15) is 0 Å². The van der Waals surface area contributed by atoms with Crippen molar-refractivity contribution in [2.24, 2.45) is 0 Å². The lowest BCUT2D eigenvalue weighted by atomic mass is 10.2. The van der Waals surface area contributed by atoms with Gasteiger partial charge in [-0.25, -0.2) is 0 Å². The van der Waals surface area contributed by atoms with Crippen LogP contribution in [0.15, 0.2) is 0 Å². The minimum atomic E-state index is -0.680. The van der Waals surface area contributed by atoms with Gasteiger partial charge < -0.3 is 10.0 Å². The van der Waals surface area contributed by atoms with Crippen molar-refractivity contribution in [2.45, 2.75) is 25.7 Å².